The molecule has 0 aliphatic carbocycles. The van der Waals surface area contributed by atoms with Crippen LogP contribution in [0.25, 0.3) is 0 Å². The molecule has 2 atom stereocenters. The van der Waals surface area contributed by atoms with Gasteiger partial charge in [-0.25, -0.2) is 0 Å². The molecule has 1 saturated heterocycles. The predicted molar refractivity (Wildman–Crippen MR) is 66.1 cm³/mol. The van der Waals surface area contributed by atoms with Gasteiger partial charge in [0, 0.05) is 12.6 Å². The van der Waals surface area contributed by atoms with E-state index in [4.69, 9.17) is 5.73 Å². The Morgan fingerprint density at radius 3 is 2.38 bits per heavy atom. The van der Waals surface area contributed by atoms with Gasteiger partial charge in [0.25, 0.3) is 0 Å². The van der Waals surface area contributed by atoms with Crippen molar-refractivity contribution in [3.05, 3.63) is 0 Å². The number of hydrogen-bond donors (Lipinski definition) is 2. The first-order valence-corrected chi connectivity index (χ1v) is 6.29. The van der Waals surface area contributed by atoms with Crippen molar-refractivity contribution in [2.75, 3.05) is 19.6 Å². The Kier molecular flexibility index (Phi) is 5.22. The minimum atomic E-state index is -0.388. The van der Waals surface area contributed by atoms with Crippen LogP contribution in [0.2, 0.25) is 0 Å². The Labute approximate surface area is 98.6 Å². The number of hydrogen-bond acceptors (Lipinski definition) is 3. The van der Waals surface area contributed by atoms with Crippen LogP contribution in [0.3, 0.4) is 0 Å². The van der Waals surface area contributed by atoms with Crippen molar-refractivity contribution in [1.82, 2.24) is 10.2 Å². The molecule has 1 fully saturated rings. The second-order valence-corrected chi connectivity index (χ2v) is 5.19. The van der Waals surface area contributed by atoms with Gasteiger partial charge in [-0.05, 0) is 38.8 Å². The number of rotatable bonds is 5. The molecule has 2 unspecified atom stereocenters. The third kappa shape index (κ3) is 4.10. The van der Waals surface area contributed by atoms with Crippen LogP contribution >= 0.6 is 0 Å². The maximum atomic E-state index is 11.7. The summed E-state index contributed by atoms with van der Waals surface area (Å²) in [5, 5.41) is 2.98. The largest absolute Gasteiger partial charge is 0.351 e. The standard InChI is InChI=1S/C12H25N3O/c1-9(2)11(13)12(16)14-10(3)8-15-6-4-5-7-15/h9-11H,4-8,13H2,1-3H3,(H,14,16). The number of nitrogens with zero attached hydrogens (tertiary/aromatic N) is 1. The Hall–Kier alpha value is -0.610. The molecule has 1 rings (SSSR count). The minimum Gasteiger partial charge on any atom is -0.351 e. The molecule has 3 N–H and O–H groups in total. The molecular formula is C12H25N3O. The summed E-state index contributed by atoms with van der Waals surface area (Å²) >= 11 is 0. The van der Waals surface area contributed by atoms with Gasteiger partial charge in [-0.2, -0.15) is 0 Å². The SMILES string of the molecule is CC(CN1CCCC1)NC(=O)C(N)C(C)C. The van der Waals surface area contributed by atoms with Crippen LogP contribution in [-0.4, -0.2) is 42.5 Å². The summed E-state index contributed by atoms with van der Waals surface area (Å²) in [4.78, 5) is 14.1. The smallest absolute Gasteiger partial charge is 0.237 e. The average molecular weight is 227 g/mol. The van der Waals surface area contributed by atoms with E-state index in [2.05, 4.69) is 10.2 Å². The van der Waals surface area contributed by atoms with Crippen LogP contribution in [0, 0.1) is 5.92 Å². The van der Waals surface area contributed by atoms with Crippen molar-refractivity contribution in [1.29, 1.82) is 0 Å². The summed E-state index contributed by atoms with van der Waals surface area (Å²) in [7, 11) is 0. The van der Waals surface area contributed by atoms with Gasteiger partial charge in [-0.1, -0.05) is 13.8 Å². The third-order valence-corrected chi connectivity index (χ3v) is 3.14. The minimum absolute atomic E-state index is 0.0262. The lowest BCUT2D eigenvalue weighted by Gasteiger charge is -2.23. The highest BCUT2D eigenvalue weighted by Gasteiger charge is 2.20. The molecule has 4 heteroatoms. The van der Waals surface area contributed by atoms with Gasteiger partial charge < -0.3 is 16.0 Å². The monoisotopic (exact) mass is 227 g/mol. The predicted octanol–water partition coefficient (Wildman–Crippen LogP) is 0.570. The van der Waals surface area contributed by atoms with Crippen LogP contribution in [0.1, 0.15) is 33.6 Å². The van der Waals surface area contributed by atoms with Crippen molar-refractivity contribution in [3.63, 3.8) is 0 Å². The number of nitrogens with one attached hydrogen (secondary N) is 1. The van der Waals surface area contributed by atoms with E-state index < -0.39 is 0 Å². The Bertz CT molecular complexity index is 224. The number of amides is 1. The molecule has 0 aromatic carbocycles. The summed E-state index contributed by atoms with van der Waals surface area (Å²) in [6.45, 7) is 9.25. The highest BCUT2D eigenvalue weighted by molar-refractivity contribution is 5.81. The Balaban J connectivity index is 2.27. The van der Waals surface area contributed by atoms with E-state index in [9.17, 15) is 4.79 Å². The first-order chi connectivity index (χ1) is 7.50. The third-order valence-electron chi connectivity index (χ3n) is 3.14. The molecule has 4 nitrogen and oxygen atoms in total. The quantitative estimate of drug-likeness (QED) is 0.722. The van der Waals surface area contributed by atoms with Crippen molar-refractivity contribution in [2.24, 2.45) is 11.7 Å². The molecule has 0 aromatic rings. The number of nitrogens with two attached hydrogens (primary N) is 1. The number of carbonyl (C=O) groups excluding carboxylic acids is 1. The zero-order chi connectivity index (χ0) is 12.1. The summed E-state index contributed by atoms with van der Waals surface area (Å²) in [6, 6.07) is -0.198. The van der Waals surface area contributed by atoms with E-state index in [0.717, 1.165) is 19.6 Å². The fraction of sp³-hybridized carbons (Fsp3) is 0.917. The molecule has 0 aromatic heterocycles. The van der Waals surface area contributed by atoms with E-state index in [0.29, 0.717) is 0 Å². The summed E-state index contributed by atoms with van der Waals surface area (Å²) in [6.07, 6.45) is 2.57. The van der Waals surface area contributed by atoms with Crippen LogP contribution in [0.5, 0.6) is 0 Å². The zero-order valence-corrected chi connectivity index (χ0v) is 10.7. The van der Waals surface area contributed by atoms with Crippen LogP contribution < -0.4 is 11.1 Å². The van der Waals surface area contributed by atoms with Gasteiger partial charge in [-0.3, -0.25) is 4.79 Å². The highest BCUT2D eigenvalue weighted by Crippen LogP contribution is 2.07. The molecule has 1 heterocycles. The Morgan fingerprint density at radius 1 is 1.31 bits per heavy atom. The molecule has 1 aliphatic heterocycles. The van der Waals surface area contributed by atoms with Gasteiger partial charge in [0.1, 0.15) is 0 Å². The van der Waals surface area contributed by atoms with Crippen LogP contribution in [0.15, 0.2) is 0 Å². The maximum Gasteiger partial charge on any atom is 0.237 e. The Morgan fingerprint density at radius 2 is 1.88 bits per heavy atom. The van der Waals surface area contributed by atoms with Gasteiger partial charge in [-0.15, -0.1) is 0 Å². The van der Waals surface area contributed by atoms with Crippen LogP contribution in [0.4, 0.5) is 0 Å². The maximum absolute atomic E-state index is 11.7. The van der Waals surface area contributed by atoms with E-state index in [1.807, 2.05) is 20.8 Å². The number of likely N-dealkylation sites (tertiary alicyclic amines) is 1. The first-order valence-electron chi connectivity index (χ1n) is 6.29. The van der Waals surface area contributed by atoms with E-state index in [-0.39, 0.29) is 23.9 Å². The van der Waals surface area contributed by atoms with Crippen molar-refractivity contribution in [3.8, 4) is 0 Å². The fourth-order valence-electron chi connectivity index (χ4n) is 2.04. The fourth-order valence-corrected chi connectivity index (χ4v) is 2.04. The van der Waals surface area contributed by atoms with Crippen LogP contribution in [-0.2, 0) is 4.79 Å². The van der Waals surface area contributed by atoms with Crippen molar-refractivity contribution in [2.45, 2.75) is 45.7 Å². The lowest BCUT2D eigenvalue weighted by Crippen LogP contribution is -2.49. The molecule has 0 bridgehead atoms. The van der Waals surface area contributed by atoms with E-state index in [1.165, 1.54) is 12.8 Å². The second kappa shape index (κ2) is 6.21. The topological polar surface area (TPSA) is 58.4 Å². The average Bonchev–Trinajstić information content (AvgIpc) is 2.68. The summed E-state index contributed by atoms with van der Waals surface area (Å²) in [5.74, 6) is 0.167. The summed E-state index contributed by atoms with van der Waals surface area (Å²) in [5.41, 5.74) is 5.79. The molecule has 94 valence electrons. The molecule has 0 spiro atoms. The van der Waals surface area contributed by atoms with Crippen molar-refractivity contribution >= 4 is 5.91 Å². The second-order valence-electron chi connectivity index (χ2n) is 5.19. The molecule has 0 radical (unpaired) electrons. The summed E-state index contributed by atoms with van der Waals surface area (Å²) < 4.78 is 0. The van der Waals surface area contributed by atoms with Crippen molar-refractivity contribution < 1.29 is 4.79 Å². The van der Waals surface area contributed by atoms with E-state index in [1.54, 1.807) is 0 Å². The molecule has 1 amide bonds. The molecule has 0 saturated carbocycles. The number of carbonyl (C=O) groups is 1. The van der Waals surface area contributed by atoms with Gasteiger partial charge in [0.05, 0.1) is 6.04 Å². The van der Waals surface area contributed by atoms with E-state index >= 15 is 0 Å². The van der Waals surface area contributed by atoms with Gasteiger partial charge in [0.2, 0.25) is 5.91 Å². The highest BCUT2D eigenvalue weighted by atomic mass is 16.2. The first kappa shape index (κ1) is 13.5. The molecule has 1 aliphatic rings. The zero-order valence-electron chi connectivity index (χ0n) is 10.7. The molecule has 16 heavy (non-hydrogen) atoms. The van der Waals surface area contributed by atoms with Gasteiger partial charge in [0.15, 0.2) is 0 Å². The van der Waals surface area contributed by atoms with Gasteiger partial charge >= 0.3 is 0 Å². The lowest BCUT2D eigenvalue weighted by molar-refractivity contribution is -0.123. The lowest BCUT2D eigenvalue weighted by atomic mass is 10.0. The molecular weight excluding hydrogens is 202 g/mol. The normalized spacial score (nSPS) is 21.1.